The summed E-state index contributed by atoms with van der Waals surface area (Å²) in [6.45, 7) is 6.14. The van der Waals surface area contributed by atoms with Crippen LogP contribution < -0.4 is 18.9 Å². The van der Waals surface area contributed by atoms with Crippen LogP contribution in [-0.2, 0) is 28.9 Å². The number of aliphatic carboxylic acids is 1. The molecule has 1 fully saturated rings. The minimum atomic E-state index is -1.08. The van der Waals surface area contributed by atoms with Gasteiger partial charge in [-0.15, -0.1) is 0 Å². The lowest BCUT2D eigenvalue weighted by molar-refractivity contribution is -0.134. The Balaban J connectivity index is 1.58. The van der Waals surface area contributed by atoms with E-state index in [1.54, 1.807) is 28.4 Å². The maximum Gasteiger partial charge on any atom is 0.331 e. The van der Waals surface area contributed by atoms with Crippen LogP contribution >= 0.6 is 0 Å². The first-order valence-corrected chi connectivity index (χ1v) is 15.2. The molecule has 2 aromatic rings. The summed E-state index contributed by atoms with van der Waals surface area (Å²) in [4.78, 5) is 30.0. The molecule has 3 heterocycles. The van der Waals surface area contributed by atoms with Gasteiger partial charge in [-0.1, -0.05) is 13.3 Å². The molecule has 1 N–H and O–H groups in total. The van der Waals surface area contributed by atoms with Crippen molar-refractivity contribution < 1.29 is 33.6 Å². The number of amides is 1. The van der Waals surface area contributed by atoms with Crippen LogP contribution in [0.5, 0.6) is 23.0 Å². The minimum absolute atomic E-state index is 0.0398. The fraction of sp³-hybridized carbons (Fsp3) is 0.529. The summed E-state index contributed by atoms with van der Waals surface area (Å²) in [6, 6.07) is 8.41. The molecule has 0 aromatic heterocycles. The number of carboxylic acid groups (broad SMARTS) is 1. The first kappa shape index (κ1) is 30.7. The van der Waals surface area contributed by atoms with Crippen LogP contribution in [0.3, 0.4) is 0 Å². The number of benzene rings is 2. The van der Waals surface area contributed by atoms with E-state index in [1.165, 1.54) is 24.1 Å². The van der Waals surface area contributed by atoms with Crippen molar-refractivity contribution in [2.24, 2.45) is 11.8 Å². The van der Waals surface area contributed by atoms with E-state index < -0.39 is 5.97 Å². The average Bonchev–Trinajstić information content (AvgIpc) is 3.21. The van der Waals surface area contributed by atoms with Crippen LogP contribution in [0.1, 0.15) is 55.0 Å². The first-order chi connectivity index (χ1) is 20.7. The molecule has 0 bridgehead atoms. The van der Waals surface area contributed by atoms with E-state index in [0.717, 1.165) is 55.0 Å². The van der Waals surface area contributed by atoms with E-state index in [-0.39, 0.29) is 29.5 Å². The molecule has 0 spiro atoms. The number of carboxylic acids is 1. The van der Waals surface area contributed by atoms with Gasteiger partial charge in [0.2, 0.25) is 5.91 Å². The number of ether oxygens (including phenoxy) is 4. The Morgan fingerprint density at radius 2 is 1.47 bits per heavy atom. The molecule has 3 aliphatic heterocycles. The largest absolute Gasteiger partial charge is 0.493 e. The Morgan fingerprint density at radius 3 is 2.07 bits per heavy atom. The highest BCUT2D eigenvalue weighted by molar-refractivity contribution is 5.97. The number of carbonyl (C=O) groups excluding carboxylic acids is 1. The van der Waals surface area contributed by atoms with Gasteiger partial charge in [-0.05, 0) is 91.0 Å². The van der Waals surface area contributed by atoms with Gasteiger partial charge in [-0.25, -0.2) is 4.79 Å². The van der Waals surface area contributed by atoms with E-state index in [2.05, 4.69) is 30.0 Å². The summed E-state index contributed by atoms with van der Waals surface area (Å²) < 4.78 is 22.6. The molecule has 1 amide bonds. The number of rotatable bonds is 8. The SMILES string of the molecule is CCC1CN2CCc3cc(OC)c(OC)cc3C2CC1C1Cc2cc(OC)c(OC)cc2CCN1C(=O)/C=C(/C)C(=O)O. The molecule has 9 heteroatoms. The summed E-state index contributed by atoms with van der Waals surface area (Å²) in [6.07, 6.45) is 5.43. The number of piperidine rings is 1. The highest BCUT2D eigenvalue weighted by Crippen LogP contribution is 2.47. The highest BCUT2D eigenvalue weighted by Gasteiger charge is 2.44. The molecule has 1 saturated heterocycles. The van der Waals surface area contributed by atoms with Gasteiger partial charge in [0.1, 0.15) is 0 Å². The fourth-order valence-electron chi connectivity index (χ4n) is 7.48. The Hall–Kier alpha value is -3.72. The maximum atomic E-state index is 13.8. The Labute approximate surface area is 254 Å². The van der Waals surface area contributed by atoms with Gasteiger partial charge in [0.25, 0.3) is 0 Å². The maximum absolute atomic E-state index is 13.8. The predicted molar refractivity (Wildman–Crippen MR) is 163 cm³/mol. The van der Waals surface area contributed by atoms with Gasteiger partial charge in [0.15, 0.2) is 23.0 Å². The molecule has 4 unspecified atom stereocenters. The topological polar surface area (TPSA) is 97.8 Å². The molecular formula is C34H44N2O7. The van der Waals surface area contributed by atoms with Crippen LogP contribution in [0, 0.1) is 11.8 Å². The van der Waals surface area contributed by atoms with Crippen molar-refractivity contribution in [1.82, 2.24) is 9.80 Å². The zero-order valence-electron chi connectivity index (χ0n) is 26.1. The van der Waals surface area contributed by atoms with E-state index in [1.807, 2.05) is 11.0 Å². The zero-order valence-corrected chi connectivity index (χ0v) is 26.1. The summed E-state index contributed by atoms with van der Waals surface area (Å²) in [5.74, 6) is 2.07. The average molecular weight is 593 g/mol. The molecule has 232 valence electrons. The second kappa shape index (κ2) is 12.9. The summed E-state index contributed by atoms with van der Waals surface area (Å²) in [7, 11) is 6.61. The quantitative estimate of drug-likeness (QED) is 0.441. The molecule has 4 atom stereocenters. The molecule has 2 aromatic carbocycles. The number of hydrogen-bond acceptors (Lipinski definition) is 7. The van der Waals surface area contributed by atoms with Gasteiger partial charge in [-0.3, -0.25) is 9.69 Å². The van der Waals surface area contributed by atoms with E-state index in [0.29, 0.717) is 36.8 Å². The van der Waals surface area contributed by atoms with Crippen molar-refractivity contribution >= 4 is 11.9 Å². The lowest BCUT2D eigenvalue weighted by Gasteiger charge is -2.50. The Bertz CT molecular complexity index is 1400. The molecule has 0 aliphatic carbocycles. The van der Waals surface area contributed by atoms with Crippen molar-refractivity contribution in [3.05, 3.63) is 58.2 Å². The molecule has 9 nitrogen and oxygen atoms in total. The summed E-state index contributed by atoms with van der Waals surface area (Å²) in [5, 5.41) is 9.55. The zero-order chi connectivity index (χ0) is 30.8. The van der Waals surface area contributed by atoms with Crippen LogP contribution in [0.4, 0.5) is 0 Å². The predicted octanol–water partition coefficient (Wildman–Crippen LogP) is 4.69. The molecule has 5 rings (SSSR count). The third-order valence-corrected chi connectivity index (χ3v) is 9.82. The number of fused-ring (bicyclic) bond motifs is 4. The molecular weight excluding hydrogens is 548 g/mol. The van der Waals surface area contributed by atoms with E-state index in [4.69, 9.17) is 18.9 Å². The van der Waals surface area contributed by atoms with Crippen molar-refractivity contribution in [2.75, 3.05) is 48.1 Å². The summed E-state index contributed by atoms with van der Waals surface area (Å²) in [5.41, 5.74) is 4.86. The van der Waals surface area contributed by atoms with Crippen molar-refractivity contribution in [1.29, 1.82) is 0 Å². The minimum Gasteiger partial charge on any atom is -0.493 e. The second-order valence-electron chi connectivity index (χ2n) is 11.9. The lowest BCUT2D eigenvalue weighted by atomic mass is 9.71. The third-order valence-electron chi connectivity index (χ3n) is 9.82. The van der Waals surface area contributed by atoms with E-state index >= 15 is 0 Å². The van der Waals surface area contributed by atoms with Crippen molar-refractivity contribution in [2.45, 2.75) is 58.0 Å². The molecule has 0 radical (unpaired) electrons. The Kier molecular flexibility index (Phi) is 9.20. The second-order valence-corrected chi connectivity index (χ2v) is 11.9. The normalized spacial score (nSPS) is 23.8. The van der Waals surface area contributed by atoms with Crippen molar-refractivity contribution in [3.63, 3.8) is 0 Å². The van der Waals surface area contributed by atoms with Crippen LogP contribution in [-0.4, -0.2) is 80.9 Å². The molecule has 3 aliphatic rings. The van der Waals surface area contributed by atoms with Gasteiger partial charge < -0.3 is 29.0 Å². The number of nitrogens with zero attached hydrogens (tertiary/aromatic N) is 2. The van der Waals surface area contributed by atoms with Gasteiger partial charge in [-0.2, -0.15) is 0 Å². The smallest absolute Gasteiger partial charge is 0.331 e. The molecule has 43 heavy (non-hydrogen) atoms. The number of carbonyl (C=O) groups is 2. The van der Waals surface area contributed by atoms with Crippen LogP contribution in [0.2, 0.25) is 0 Å². The Morgan fingerprint density at radius 1 is 0.884 bits per heavy atom. The monoisotopic (exact) mass is 592 g/mol. The van der Waals surface area contributed by atoms with Gasteiger partial charge in [0.05, 0.1) is 28.4 Å². The van der Waals surface area contributed by atoms with Crippen molar-refractivity contribution in [3.8, 4) is 23.0 Å². The fourth-order valence-corrected chi connectivity index (χ4v) is 7.48. The number of hydrogen-bond donors (Lipinski definition) is 1. The van der Waals surface area contributed by atoms with E-state index in [9.17, 15) is 14.7 Å². The van der Waals surface area contributed by atoms with Gasteiger partial charge >= 0.3 is 5.97 Å². The number of methoxy groups -OCH3 is 4. The van der Waals surface area contributed by atoms with Crippen LogP contribution in [0.15, 0.2) is 35.9 Å². The highest BCUT2D eigenvalue weighted by atomic mass is 16.5. The molecule has 0 saturated carbocycles. The standard InChI is InChI=1S/C34H44N2O7/c1-7-21-19-35-10-8-23-15-30(41-4)32(43-6)18-26(23)27(35)17-25(21)28-13-24-16-31(42-5)29(40-3)14-22(24)9-11-36(28)33(37)12-20(2)34(38)39/h12,14-16,18,21,25,27-28H,7-11,13,17,19H2,1-6H3,(H,38,39)/b20-12-. The summed E-state index contributed by atoms with van der Waals surface area (Å²) >= 11 is 0. The lowest BCUT2D eigenvalue weighted by Crippen LogP contribution is -2.54. The van der Waals surface area contributed by atoms with Crippen LogP contribution in [0.25, 0.3) is 0 Å². The third kappa shape index (κ3) is 5.92. The van der Waals surface area contributed by atoms with Gasteiger partial charge in [0, 0.05) is 43.4 Å². The first-order valence-electron chi connectivity index (χ1n) is 15.2.